The van der Waals surface area contributed by atoms with E-state index in [-0.39, 0.29) is 17.6 Å². The van der Waals surface area contributed by atoms with Gasteiger partial charge in [0.2, 0.25) is 11.8 Å². The minimum absolute atomic E-state index is 0.0803. The van der Waals surface area contributed by atoms with Crippen molar-refractivity contribution in [3.8, 4) is 0 Å². The SMILES string of the molecule is O=C(N1CCCCC1)C1(c2ccccc2)CCN(CC2CC2(C(=O)NCCc2ccc(F)cc2)c2ccccc2)CC1. The normalized spacial score (nSPS) is 23.7. The third kappa shape index (κ3) is 5.74. The molecule has 3 aliphatic rings. The highest BCUT2D eigenvalue weighted by atomic mass is 19.1. The number of benzene rings is 3. The summed E-state index contributed by atoms with van der Waals surface area (Å²) in [5.41, 5.74) is 2.23. The van der Waals surface area contributed by atoms with Gasteiger partial charge in [0.15, 0.2) is 0 Å². The Kier molecular flexibility index (Phi) is 8.43. The fraction of sp³-hybridized carbons (Fsp3) is 0.444. The monoisotopic (exact) mass is 567 g/mol. The van der Waals surface area contributed by atoms with Crippen molar-refractivity contribution in [2.45, 2.75) is 55.8 Å². The number of nitrogens with one attached hydrogen (secondary N) is 1. The number of halogens is 1. The Labute approximate surface area is 249 Å². The lowest BCUT2D eigenvalue weighted by Gasteiger charge is -2.44. The van der Waals surface area contributed by atoms with Crippen LogP contribution in [-0.2, 0) is 26.8 Å². The smallest absolute Gasteiger partial charge is 0.233 e. The van der Waals surface area contributed by atoms with Crippen molar-refractivity contribution in [2.75, 3.05) is 39.3 Å². The molecule has 6 rings (SSSR count). The van der Waals surface area contributed by atoms with Crippen molar-refractivity contribution < 1.29 is 14.0 Å². The van der Waals surface area contributed by atoms with Crippen LogP contribution in [0.15, 0.2) is 84.9 Å². The van der Waals surface area contributed by atoms with Gasteiger partial charge in [0.25, 0.3) is 0 Å². The van der Waals surface area contributed by atoms with E-state index in [0.717, 1.165) is 81.5 Å². The second-order valence-corrected chi connectivity index (χ2v) is 12.5. The highest BCUT2D eigenvalue weighted by Gasteiger charge is 2.61. The molecule has 2 amide bonds. The minimum atomic E-state index is -0.526. The fourth-order valence-electron chi connectivity index (χ4n) is 7.39. The first kappa shape index (κ1) is 28.6. The molecule has 220 valence electrons. The lowest BCUT2D eigenvalue weighted by Crippen LogP contribution is -2.54. The van der Waals surface area contributed by atoms with Crippen LogP contribution in [0.1, 0.15) is 55.2 Å². The highest BCUT2D eigenvalue weighted by molar-refractivity contribution is 5.92. The Morgan fingerprint density at radius 2 is 1.40 bits per heavy atom. The van der Waals surface area contributed by atoms with Crippen LogP contribution in [0.2, 0.25) is 0 Å². The molecule has 2 unspecified atom stereocenters. The van der Waals surface area contributed by atoms with E-state index in [1.807, 2.05) is 24.3 Å². The number of carbonyl (C=O) groups is 2. The Balaban J connectivity index is 1.13. The van der Waals surface area contributed by atoms with Crippen molar-refractivity contribution in [1.82, 2.24) is 15.1 Å². The molecule has 2 aliphatic heterocycles. The van der Waals surface area contributed by atoms with E-state index >= 15 is 0 Å². The molecule has 3 aromatic carbocycles. The van der Waals surface area contributed by atoms with Crippen LogP contribution in [0.4, 0.5) is 4.39 Å². The molecule has 0 spiro atoms. The minimum Gasteiger partial charge on any atom is -0.355 e. The predicted octanol–water partition coefficient (Wildman–Crippen LogP) is 5.49. The number of amides is 2. The fourth-order valence-corrected chi connectivity index (χ4v) is 7.39. The van der Waals surface area contributed by atoms with Gasteiger partial charge in [-0.25, -0.2) is 4.39 Å². The Morgan fingerprint density at radius 3 is 2.05 bits per heavy atom. The maximum absolute atomic E-state index is 14.0. The first-order chi connectivity index (χ1) is 20.5. The molecule has 3 aromatic rings. The van der Waals surface area contributed by atoms with Gasteiger partial charge in [0, 0.05) is 26.2 Å². The molecule has 2 saturated heterocycles. The quantitative estimate of drug-likeness (QED) is 0.372. The van der Waals surface area contributed by atoms with Gasteiger partial charge in [-0.3, -0.25) is 9.59 Å². The summed E-state index contributed by atoms with van der Waals surface area (Å²) in [5.74, 6) is 0.365. The average molecular weight is 568 g/mol. The van der Waals surface area contributed by atoms with Gasteiger partial charge < -0.3 is 15.1 Å². The molecular formula is C36H42FN3O2. The molecule has 5 nitrogen and oxygen atoms in total. The summed E-state index contributed by atoms with van der Waals surface area (Å²) in [6, 6.07) is 27.1. The van der Waals surface area contributed by atoms with Gasteiger partial charge in [-0.1, -0.05) is 72.8 Å². The third-order valence-electron chi connectivity index (χ3n) is 9.98. The molecule has 2 atom stereocenters. The summed E-state index contributed by atoms with van der Waals surface area (Å²) in [6.07, 6.45) is 6.51. The summed E-state index contributed by atoms with van der Waals surface area (Å²) < 4.78 is 13.3. The summed E-state index contributed by atoms with van der Waals surface area (Å²) in [4.78, 5) is 32.4. The average Bonchev–Trinajstić information content (AvgIpc) is 3.78. The van der Waals surface area contributed by atoms with Crippen molar-refractivity contribution in [3.05, 3.63) is 107 Å². The molecule has 1 saturated carbocycles. The van der Waals surface area contributed by atoms with E-state index < -0.39 is 10.8 Å². The molecule has 0 bridgehead atoms. The molecule has 42 heavy (non-hydrogen) atoms. The van der Waals surface area contributed by atoms with Gasteiger partial charge in [-0.05, 0) is 92.8 Å². The van der Waals surface area contributed by atoms with Gasteiger partial charge in [-0.2, -0.15) is 0 Å². The van der Waals surface area contributed by atoms with Crippen molar-refractivity contribution in [1.29, 1.82) is 0 Å². The third-order valence-corrected chi connectivity index (χ3v) is 9.98. The first-order valence-corrected chi connectivity index (χ1v) is 15.7. The van der Waals surface area contributed by atoms with Crippen molar-refractivity contribution in [2.24, 2.45) is 5.92 Å². The number of nitrogens with zero attached hydrogens (tertiary/aromatic N) is 2. The second-order valence-electron chi connectivity index (χ2n) is 12.5. The molecule has 0 radical (unpaired) electrons. The zero-order chi connectivity index (χ0) is 29.0. The summed E-state index contributed by atoms with van der Waals surface area (Å²) >= 11 is 0. The molecule has 1 N–H and O–H groups in total. The first-order valence-electron chi connectivity index (χ1n) is 15.7. The lowest BCUT2D eigenvalue weighted by atomic mass is 9.71. The van der Waals surface area contributed by atoms with E-state index in [1.54, 1.807) is 12.1 Å². The van der Waals surface area contributed by atoms with Crippen molar-refractivity contribution in [3.63, 3.8) is 0 Å². The van der Waals surface area contributed by atoms with Crippen LogP contribution >= 0.6 is 0 Å². The number of rotatable bonds is 9. The lowest BCUT2D eigenvalue weighted by molar-refractivity contribution is -0.140. The number of piperidine rings is 2. The zero-order valence-electron chi connectivity index (χ0n) is 24.4. The molecule has 0 aromatic heterocycles. The number of hydrogen-bond acceptors (Lipinski definition) is 3. The van der Waals surface area contributed by atoms with Gasteiger partial charge >= 0.3 is 0 Å². The van der Waals surface area contributed by atoms with E-state index in [9.17, 15) is 14.0 Å². The molecule has 6 heteroatoms. The van der Waals surface area contributed by atoms with Crippen LogP contribution in [0.3, 0.4) is 0 Å². The maximum Gasteiger partial charge on any atom is 0.233 e. The van der Waals surface area contributed by atoms with Gasteiger partial charge in [0.05, 0.1) is 10.8 Å². The van der Waals surface area contributed by atoms with Crippen LogP contribution in [0.25, 0.3) is 0 Å². The highest BCUT2D eigenvalue weighted by Crippen LogP contribution is 2.55. The van der Waals surface area contributed by atoms with E-state index in [2.05, 4.69) is 51.5 Å². The topological polar surface area (TPSA) is 52.7 Å². The maximum atomic E-state index is 14.0. The Morgan fingerprint density at radius 1 is 0.786 bits per heavy atom. The molecule has 3 fully saturated rings. The zero-order valence-corrected chi connectivity index (χ0v) is 24.4. The predicted molar refractivity (Wildman–Crippen MR) is 164 cm³/mol. The standard InChI is InChI=1S/C36H42FN3O2/c37-32-16-14-28(15-17-32)18-21-38-33(41)36(30-12-6-2-7-13-30)26-31(36)27-39-24-19-35(20-25-39,29-10-4-1-5-11-29)34(42)40-22-8-3-9-23-40/h1-2,4-7,10-17,31H,3,8-9,18-27H2,(H,38,41). The Bertz CT molecular complexity index is 1350. The number of carbonyl (C=O) groups excluding carboxylic acids is 2. The summed E-state index contributed by atoms with van der Waals surface area (Å²) in [6.45, 7) is 4.81. The van der Waals surface area contributed by atoms with Crippen LogP contribution < -0.4 is 5.32 Å². The van der Waals surface area contributed by atoms with Crippen LogP contribution in [0.5, 0.6) is 0 Å². The summed E-state index contributed by atoms with van der Waals surface area (Å²) in [7, 11) is 0. The van der Waals surface area contributed by atoms with Gasteiger partial charge in [0.1, 0.15) is 5.82 Å². The van der Waals surface area contributed by atoms with E-state index in [1.165, 1.54) is 18.6 Å². The van der Waals surface area contributed by atoms with Crippen LogP contribution in [0, 0.1) is 11.7 Å². The van der Waals surface area contributed by atoms with E-state index in [0.29, 0.717) is 18.9 Å². The van der Waals surface area contributed by atoms with Crippen LogP contribution in [-0.4, -0.2) is 60.9 Å². The molecular weight excluding hydrogens is 525 g/mol. The second kappa shape index (κ2) is 12.4. The van der Waals surface area contributed by atoms with Gasteiger partial charge in [-0.15, -0.1) is 0 Å². The van der Waals surface area contributed by atoms with E-state index in [4.69, 9.17) is 0 Å². The van der Waals surface area contributed by atoms with Crippen molar-refractivity contribution >= 4 is 11.8 Å². The number of hydrogen-bond donors (Lipinski definition) is 1. The molecule has 1 aliphatic carbocycles. The Hall–Kier alpha value is -3.51. The summed E-state index contributed by atoms with van der Waals surface area (Å²) in [5, 5.41) is 3.20. The molecule has 2 heterocycles. The largest absolute Gasteiger partial charge is 0.355 e. The number of likely N-dealkylation sites (tertiary alicyclic amines) is 2.